The van der Waals surface area contributed by atoms with Gasteiger partial charge in [-0.25, -0.2) is 9.37 Å². The molecular weight excluding hydrogens is 387 g/mol. The molecule has 0 saturated carbocycles. The van der Waals surface area contributed by atoms with Crippen molar-refractivity contribution in [3.05, 3.63) is 58.4 Å². The molecule has 1 saturated heterocycles. The van der Waals surface area contributed by atoms with Crippen LogP contribution < -0.4 is 5.32 Å². The lowest BCUT2D eigenvalue weighted by Gasteiger charge is -2.34. The first-order valence-corrected chi connectivity index (χ1v) is 8.98. The summed E-state index contributed by atoms with van der Waals surface area (Å²) in [5.41, 5.74) is 1.11. The number of rotatable bonds is 5. The Morgan fingerprint density at radius 2 is 1.76 bits per heavy atom. The molecule has 0 aliphatic carbocycles. The van der Waals surface area contributed by atoms with Crippen LogP contribution in [0.4, 0.5) is 10.2 Å². The maximum Gasteiger partial charge on any atom is 0.239 e. The Morgan fingerprint density at radius 3 is 2.40 bits per heavy atom. The first kappa shape index (κ1) is 18.0. The standard InChI is InChI=1S/C18H20BrFN4O/c19-15-3-6-17(21-11-15)22-18(25)13-24-9-7-23(8-10-24)12-14-1-4-16(20)5-2-14/h1-6,11H,7-10,12-13H2,(H,21,22,25). The summed E-state index contributed by atoms with van der Waals surface area (Å²) >= 11 is 3.32. The highest BCUT2D eigenvalue weighted by molar-refractivity contribution is 9.10. The van der Waals surface area contributed by atoms with E-state index in [0.29, 0.717) is 12.4 Å². The van der Waals surface area contributed by atoms with Gasteiger partial charge in [0.2, 0.25) is 5.91 Å². The summed E-state index contributed by atoms with van der Waals surface area (Å²) in [6.07, 6.45) is 1.66. The summed E-state index contributed by atoms with van der Waals surface area (Å²) in [7, 11) is 0. The van der Waals surface area contributed by atoms with Gasteiger partial charge in [-0.1, -0.05) is 12.1 Å². The summed E-state index contributed by atoms with van der Waals surface area (Å²) in [4.78, 5) is 20.7. The fourth-order valence-corrected chi connectivity index (χ4v) is 3.02. The number of anilines is 1. The van der Waals surface area contributed by atoms with Crippen LogP contribution in [0.15, 0.2) is 47.1 Å². The number of piperazine rings is 1. The van der Waals surface area contributed by atoms with E-state index in [1.807, 2.05) is 18.2 Å². The summed E-state index contributed by atoms with van der Waals surface area (Å²) in [5.74, 6) is 0.296. The smallest absolute Gasteiger partial charge is 0.239 e. The highest BCUT2D eigenvalue weighted by Gasteiger charge is 2.19. The van der Waals surface area contributed by atoms with Gasteiger partial charge in [0, 0.05) is 43.4 Å². The Labute approximate surface area is 155 Å². The molecule has 0 bridgehead atoms. The van der Waals surface area contributed by atoms with E-state index in [-0.39, 0.29) is 11.7 Å². The third-order valence-electron chi connectivity index (χ3n) is 4.15. The Balaban J connectivity index is 1.42. The minimum absolute atomic E-state index is 0.0539. The van der Waals surface area contributed by atoms with Crippen molar-refractivity contribution in [2.75, 3.05) is 38.0 Å². The zero-order valence-electron chi connectivity index (χ0n) is 13.8. The number of amides is 1. The van der Waals surface area contributed by atoms with E-state index in [9.17, 15) is 9.18 Å². The van der Waals surface area contributed by atoms with Crippen molar-refractivity contribution >= 4 is 27.7 Å². The molecule has 1 N–H and O–H groups in total. The van der Waals surface area contributed by atoms with Crippen molar-refractivity contribution in [3.63, 3.8) is 0 Å². The SMILES string of the molecule is O=C(CN1CCN(Cc2ccc(F)cc2)CC1)Nc1ccc(Br)cn1. The number of nitrogens with one attached hydrogen (secondary N) is 1. The average molecular weight is 407 g/mol. The van der Waals surface area contributed by atoms with Gasteiger partial charge in [0.15, 0.2) is 0 Å². The van der Waals surface area contributed by atoms with E-state index in [1.165, 1.54) is 12.1 Å². The molecule has 1 amide bonds. The monoisotopic (exact) mass is 406 g/mol. The molecule has 132 valence electrons. The van der Waals surface area contributed by atoms with Gasteiger partial charge in [-0.2, -0.15) is 0 Å². The molecule has 3 rings (SSSR count). The van der Waals surface area contributed by atoms with Gasteiger partial charge in [-0.3, -0.25) is 14.6 Å². The Kier molecular flexibility index (Phi) is 6.12. The van der Waals surface area contributed by atoms with Crippen LogP contribution in [0.2, 0.25) is 0 Å². The molecule has 2 heterocycles. The lowest BCUT2D eigenvalue weighted by atomic mass is 10.2. The number of aromatic nitrogens is 1. The molecule has 0 spiro atoms. The largest absolute Gasteiger partial charge is 0.310 e. The Bertz CT molecular complexity index is 700. The van der Waals surface area contributed by atoms with Crippen molar-refractivity contribution in [3.8, 4) is 0 Å². The number of halogens is 2. The second-order valence-corrected chi connectivity index (χ2v) is 7.00. The van der Waals surface area contributed by atoms with Crippen LogP contribution in [0, 0.1) is 5.82 Å². The van der Waals surface area contributed by atoms with Gasteiger partial charge >= 0.3 is 0 Å². The molecular formula is C18H20BrFN4O. The molecule has 0 atom stereocenters. The van der Waals surface area contributed by atoms with Gasteiger partial charge in [0.25, 0.3) is 0 Å². The maximum absolute atomic E-state index is 12.9. The second kappa shape index (κ2) is 8.51. The molecule has 0 radical (unpaired) electrons. The number of benzene rings is 1. The number of nitrogens with zero attached hydrogens (tertiary/aromatic N) is 3. The highest BCUT2D eigenvalue weighted by Crippen LogP contribution is 2.12. The van der Waals surface area contributed by atoms with E-state index < -0.39 is 0 Å². The molecule has 0 unspecified atom stereocenters. The van der Waals surface area contributed by atoms with Gasteiger partial charge in [0.1, 0.15) is 11.6 Å². The number of hydrogen-bond acceptors (Lipinski definition) is 4. The third-order valence-corrected chi connectivity index (χ3v) is 4.62. The van der Waals surface area contributed by atoms with Crippen LogP contribution in [-0.4, -0.2) is 53.4 Å². The number of hydrogen-bond donors (Lipinski definition) is 1. The number of pyridine rings is 1. The minimum Gasteiger partial charge on any atom is -0.310 e. The minimum atomic E-state index is -0.208. The van der Waals surface area contributed by atoms with Crippen LogP contribution in [0.3, 0.4) is 0 Å². The fraction of sp³-hybridized carbons (Fsp3) is 0.333. The number of carbonyl (C=O) groups excluding carboxylic acids is 1. The first-order chi connectivity index (χ1) is 12.1. The number of carbonyl (C=O) groups is 1. The predicted octanol–water partition coefficient (Wildman–Crippen LogP) is 2.74. The van der Waals surface area contributed by atoms with Crippen molar-refractivity contribution in [1.29, 1.82) is 0 Å². The first-order valence-electron chi connectivity index (χ1n) is 8.19. The van der Waals surface area contributed by atoms with E-state index >= 15 is 0 Å². The second-order valence-electron chi connectivity index (χ2n) is 6.09. The third kappa shape index (κ3) is 5.59. The molecule has 5 nitrogen and oxygen atoms in total. The van der Waals surface area contributed by atoms with Crippen molar-refractivity contribution in [2.24, 2.45) is 0 Å². The van der Waals surface area contributed by atoms with E-state index in [2.05, 4.69) is 36.0 Å². The lowest BCUT2D eigenvalue weighted by Crippen LogP contribution is -2.48. The van der Waals surface area contributed by atoms with Crippen molar-refractivity contribution < 1.29 is 9.18 Å². The van der Waals surface area contributed by atoms with Gasteiger partial charge in [0.05, 0.1) is 6.54 Å². The van der Waals surface area contributed by atoms with Crippen LogP contribution in [0.25, 0.3) is 0 Å². The molecule has 1 aromatic carbocycles. The van der Waals surface area contributed by atoms with Crippen LogP contribution >= 0.6 is 15.9 Å². The van der Waals surface area contributed by atoms with E-state index in [4.69, 9.17) is 0 Å². The molecule has 2 aromatic rings. The van der Waals surface area contributed by atoms with E-state index in [1.54, 1.807) is 12.3 Å². The molecule has 7 heteroatoms. The molecule has 1 fully saturated rings. The van der Waals surface area contributed by atoms with Crippen LogP contribution in [0.1, 0.15) is 5.56 Å². The summed E-state index contributed by atoms with van der Waals surface area (Å²) in [6, 6.07) is 10.2. The summed E-state index contributed by atoms with van der Waals surface area (Å²) < 4.78 is 13.8. The molecule has 1 aliphatic heterocycles. The van der Waals surface area contributed by atoms with Crippen molar-refractivity contribution in [2.45, 2.75) is 6.54 Å². The zero-order chi connectivity index (χ0) is 17.6. The molecule has 1 aromatic heterocycles. The summed E-state index contributed by atoms with van der Waals surface area (Å²) in [6.45, 7) is 4.62. The maximum atomic E-state index is 12.9. The average Bonchev–Trinajstić information content (AvgIpc) is 2.61. The van der Waals surface area contributed by atoms with Gasteiger partial charge < -0.3 is 5.32 Å². The quantitative estimate of drug-likeness (QED) is 0.828. The Hall–Kier alpha value is -1.83. The normalized spacial score (nSPS) is 15.9. The van der Waals surface area contributed by atoms with Crippen molar-refractivity contribution in [1.82, 2.24) is 14.8 Å². The van der Waals surface area contributed by atoms with Gasteiger partial charge in [-0.05, 0) is 45.8 Å². The zero-order valence-corrected chi connectivity index (χ0v) is 15.4. The predicted molar refractivity (Wildman–Crippen MR) is 98.7 cm³/mol. The Morgan fingerprint density at radius 1 is 1.08 bits per heavy atom. The van der Waals surface area contributed by atoms with Crippen LogP contribution in [0.5, 0.6) is 0 Å². The highest BCUT2D eigenvalue weighted by atomic mass is 79.9. The molecule has 25 heavy (non-hydrogen) atoms. The van der Waals surface area contributed by atoms with Gasteiger partial charge in [-0.15, -0.1) is 0 Å². The molecule has 1 aliphatic rings. The topological polar surface area (TPSA) is 48.5 Å². The van der Waals surface area contributed by atoms with E-state index in [0.717, 1.165) is 42.8 Å². The van der Waals surface area contributed by atoms with Crippen LogP contribution in [-0.2, 0) is 11.3 Å². The summed E-state index contributed by atoms with van der Waals surface area (Å²) in [5, 5.41) is 2.81. The lowest BCUT2D eigenvalue weighted by molar-refractivity contribution is -0.117. The fourth-order valence-electron chi connectivity index (χ4n) is 2.79.